The summed E-state index contributed by atoms with van der Waals surface area (Å²) in [5, 5.41) is 5.72. The van der Waals surface area contributed by atoms with E-state index in [4.69, 9.17) is 10.5 Å². The van der Waals surface area contributed by atoms with Gasteiger partial charge in [0, 0.05) is 17.3 Å². The first-order chi connectivity index (χ1) is 9.67. The fourth-order valence-electron chi connectivity index (χ4n) is 1.94. The molecule has 0 bridgehead atoms. The molecular formula is C14H17N3O2S. The lowest BCUT2D eigenvalue weighted by atomic mass is 10.1. The van der Waals surface area contributed by atoms with Crippen molar-refractivity contribution in [3.05, 3.63) is 40.3 Å². The molecule has 3 N–H and O–H groups in total. The number of ether oxygens (including phenoxy) is 1. The van der Waals surface area contributed by atoms with Gasteiger partial charge in [-0.05, 0) is 18.6 Å². The first kappa shape index (κ1) is 14.3. The van der Waals surface area contributed by atoms with Crippen LogP contribution in [0.4, 0.5) is 5.69 Å². The Hall–Kier alpha value is -2.08. The van der Waals surface area contributed by atoms with Gasteiger partial charge in [-0.3, -0.25) is 4.79 Å². The first-order valence-electron chi connectivity index (χ1n) is 6.30. The molecule has 5 nitrogen and oxygen atoms in total. The average molecular weight is 291 g/mol. The van der Waals surface area contributed by atoms with Crippen molar-refractivity contribution >= 4 is 22.9 Å². The van der Waals surface area contributed by atoms with E-state index in [1.54, 1.807) is 24.4 Å². The number of carbonyl (C=O) groups is 1. The van der Waals surface area contributed by atoms with Gasteiger partial charge in [0.1, 0.15) is 16.3 Å². The highest BCUT2D eigenvalue weighted by molar-refractivity contribution is 7.09. The number of anilines is 1. The SMILES string of the molecule is CCC(NC(=O)c1c(N)cccc1OC)c1nccs1. The Morgan fingerprint density at radius 1 is 1.55 bits per heavy atom. The molecule has 20 heavy (non-hydrogen) atoms. The number of rotatable bonds is 5. The third kappa shape index (κ3) is 2.91. The zero-order chi connectivity index (χ0) is 14.5. The number of amides is 1. The smallest absolute Gasteiger partial charge is 0.257 e. The van der Waals surface area contributed by atoms with Crippen LogP contribution >= 0.6 is 11.3 Å². The Bertz CT molecular complexity index is 584. The zero-order valence-electron chi connectivity index (χ0n) is 11.4. The van der Waals surface area contributed by atoms with Gasteiger partial charge < -0.3 is 15.8 Å². The molecule has 0 saturated carbocycles. The molecule has 0 aliphatic rings. The van der Waals surface area contributed by atoms with Crippen molar-refractivity contribution in [2.45, 2.75) is 19.4 Å². The van der Waals surface area contributed by atoms with Crippen molar-refractivity contribution < 1.29 is 9.53 Å². The minimum atomic E-state index is -0.248. The quantitative estimate of drug-likeness (QED) is 0.830. The Morgan fingerprint density at radius 2 is 2.35 bits per heavy atom. The van der Waals surface area contributed by atoms with Crippen LogP contribution in [-0.2, 0) is 0 Å². The summed E-state index contributed by atoms with van der Waals surface area (Å²) in [5.41, 5.74) is 6.64. The standard InChI is InChI=1S/C14H17N3O2S/c1-3-10(14-16-7-8-20-14)17-13(18)12-9(15)5-4-6-11(12)19-2/h4-8,10H,3,15H2,1-2H3,(H,17,18). The highest BCUT2D eigenvalue weighted by Gasteiger charge is 2.20. The van der Waals surface area contributed by atoms with Crippen LogP contribution in [-0.4, -0.2) is 18.0 Å². The summed E-state index contributed by atoms with van der Waals surface area (Å²) < 4.78 is 5.20. The number of hydrogen-bond donors (Lipinski definition) is 2. The molecule has 0 saturated heterocycles. The van der Waals surface area contributed by atoms with Gasteiger partial charge in [-0.25, -0.2) is 4.98 Å². The molecular weight excluding hydrogens is 274 g/mol. The second-order valence-corrected chi connectivity index (χ2v) is 5.16. The van der Waals surface area contributed by atoms with E-state index in [2.05, 4.69) is 10.3 Å². The van der Waals surface area contributed by atoms with E-state index < -0.39 is 0 Å². The van der Waals surface area contributed by atoms with E-state index in [-0.39, 0.29) is 11.9 Å². The number of nitrogens with two attached hydrogens (primary N) is 1. The Kier molecular flexibility index (Phi) is 4.57. The second kappa shape index (κ2) is 6.38. The lowest BCUT2D eigenvalue weighted by Crippen LogP contribution is -2.29. The van der Waals surface area contributed by atoms with Crippen molar-refractivity contribution in [2.24, 2.45) is 0 Å². The van der Waals surface area contributed by atoms with Crippen molar-refractivity contribution in [3.8, 4) is 5.75 Å². The van der Waals surface area contributed by atoms with Crippen molar-refractivity contribution in [1.82, 2.24) is 10.3 Å². The summed E-state index contributed by atoms with van der Waals surface area (Å²) in [5.74, 6) is 0.221. The molecule has 1 atom stereocenters. The van der Waals surface area contributed by atoms with Crippen LogP contribution < -0.4 is 15.8 Å². The van der Waals surface area contributed by atoms with Crippen LogP contribution in [0.5, 0.6) is 5.75 Å². The van der Waals surface area contributed by atoms with E-state index in [0.717, 1.165) is 11.4 Å². The molecule has 1 heterocycles. The molecule has 0 radical (unpaired) electrons. The van der Waals surface area contributed by atoms with Crippen molar-refractivity contribution in [2.75, 3.05) is 12.8 Å². The monoisotopic (exact) mass is 291 g/mol. The molecule has 2 aromatic rings. The third-order valence-electron chi connectivity index (χ3n) is 2.97. The van der Waals surface area contributed by atoms with Crippen molar-refractivity contribution in [3.63, 3.8) is 0 Å². The summed E-state index contributed by atoms with van der Waals surface area (Å²) >= 11 is 1.52. The van der Waals surface area contributed by atoms with Gasteiger partial charge >= 0.3 is 0 Å². The molecule has 1 unspecified atom stereocenters. The lowest BCUT2D eigenvalue weighted by molar-refractivity contribution is 0.0933. The molecule has 2 rings (SSSR count). The summed E-state index contributed by atoms with van der Waals surface area (Å²) in [6.45, 7) is 2.00. The summed E-state index contributed by atoms with van der Waals surface area (Å²) in [4.78, 5) is 16.7. The topological polar surface area (TPSA) is 77.2 Å². The fraction of sp³-hybridized carbons (Fsp3) is 0.286. The fourth-order valence-corrected chi connectivity index (χ4v) is 2.71. The van der Waals surface area contributed by atoms with Gasteiger partial charge in [0.25, 0.3) is 5.91 Å². The highest BCUT2D eigenvalue weighted by Crippen LogP contribution is 2.26. The maximum Gasteiger partial charge on any atom is 0.257 e. The van der Waals surface area contributed by atoms with E-state index in [1.165, 1.54) is 18.4 Å². The molecule has 0 spiro atoms. The zero-order valence-corrected chi connectivity index (χ0v) is 12.2. The molecule has 6 heteroatoms. The van der Waals surface area contributed by atoms with Gasteiger partial charge in [-0.15, -0.1) is 11.3 Å². The third-order valence-corrected chi connectivity index (χ3v) is 3.86. The predicted molar refractivity (Wildman–Crippen MR) is 80.0 cm³/mol. The van der Waals surface area contributed by atoms with E-state index in [1.807, 2.05) is 12.3 Å². The minimum Gasteiger partial charge on any atom is -0.496 e. The van der Waals surface area contributed by atoms with E-state index >= 15 is 0 Å². The first-order valence-corrected chi connectivity index (χ1v) is 7.18. The number of carbonyl (C=O) groups excluding carboxylic acids is 1. The van der Waals surface area contributed by atoms with Gasteiger partial charge in [-0.2, -0.15) is 0 Å². The number of thiazole rings is 1. The van der Waals surface area contributed by atoms with Crippen LogP contribution in [0.1, 0.15) is 34.8 Å². The van der Waals surface area contributed by atoms with E-state index in [9.17, 15) is 4.79 Å². The van der Waals surface area contributed by atoms with Crippen LogP contribution in [0.3, 0.4) is 0 Å². The maximum atomic E-state index is 12.4. The number of nitrogens with one attached hydrogen (secondary N) is 1. The number of benzene rings is 1. The van der Waals surface area contributed by atoms with Gasteiger partial charge in [-0.1, -0.05) is 13.0 Å². The summed E-state index contributed by atoms with van der Waals surface area (Å²) in [6.07, 6.45) is 2.49. The molecule has 106 valence electrons. The number of methoxy groups -OCH3 is 1. The molecule has 0 fully saturated rings. The van der Waals surface area contributed by atoms with Crippen LogP contribution in [0.15, 0.2) is 29.8 Å². The molecule has 0 aliphatic heterocycles. The van der Waals surface area contributed by atoms with Crippen LogP contribution in [0.25, 0.3) is 0 Å². The Morgan fingerprint density at radius 3 is 2.95 bits per heavy atom. The normalized spacial score (nSPS) is 11.9. The summed E-state index contributed by atoms with van der Waals surface area (Å²) in [7, 11) is 1.52. The van der Waals surface area contributed by atoms with Crippen molar-refractivity contribution in [1.29, 1.82) is 0 Å². The van der Waals surface area contributed by atoms with E-state index in [0.29, 0.717) is 17.0 Å². The van der Waals surface area contributed by atoms with Crippen LogP contribution in [0.2, 0.25) is 0 Å². The van der Waals surface area contributed by atoms with Gasteiger partial charge in [0.15, 0.2) is 0 Å². The highest BCUT2D eigenvalue weighted by atomic mass is 32.1. The number of hydrogen-bond acceptors (Lipinski definition) is 5. The predicted octanol–water partition coefficient (Wildman–Crippen LogP) is 2.62. The maximum absolute atomic E-state index is 12.4. The molecule has 1 amide bonds. The van der Waals surface area contributed by atoms with Gasteiger partial charge in [0.2, 0.25) is 0 Å². The molecule has 1 aromatic carbocycles. The molecule has 1 aromatic heterocycles. The Labute approximate surface area is 121 Å². The lowest BCUT2D eigenvalue weighted by Gasteiger charge is -2.16. The summed E-state index contributed by atoms with van der Waals surface area (Å²) in [6, 6.07) is 5.03. The van der Waals surface area contributed by atoms with Gasteiger partial charge in [0.05, 0.1) is 13.2 Å². The minimum absolute atomic E-state index is 0.119. The number of aromatic nitrogens is 1. The number of nitrogens with zero attached hydrogens (tertiary/aromatic N) is 1. The largest absolute Gasteiger partial charge is 0.496 e. The average Bonchev–Trinajstić information content (AvgIpc) is 2.98. The number of nitrogen functional groups attached to an aromatic ring is 1. The molecule has 0 aliphatic carbocycles. The second-order valence-electron chi connectivity index (χ2n) is 4.23. The Balaban J connectivity index is 2.24. The van der Waals surface area contributed by atoms with Crippen LogP contribution in [0, 0.1) is 0 Å².